The minimum absolute atomic E-state index is 0.476. The smallest absolute Gasteiger partial charge is 0.335 e. The van der Waals surface area contributed by atoms with Crippen LogP contribution in [0.4, 0.5) is 0 Å². The third-order valence-corrected chi connectivity index (χ3v) is 2.23. The van der Waals surface area contributed by atoms with Gasteiger partial charge in [0.2, 0.25) is 6.29 Å². The lowest BCUT2D eigenvalue weighted by molar-refractivity contribution is -0.168. The second-order valence-electron chi connectivity index (χ2n) is 3.78. The molecule has 0 aliphatic rings. The van der Waals surface area contributed by atoms with Gasteiger partial charge in [-0.05, 0) is 19.8 Å². The zero-order valence-corrected chi connectivity index (χ0v) is 10.1. The molecule has 0 saturated carbocycles. The number of carbonyl (C=O) groups excluding carboxylic acids is 1. The molecule has 0 aromatic heterocycles. The molecule has 0 aliphatic heterocycles. The topological polar surface area (TPSA) is 66.8 Å². The van der Waals surface area contributed by atoms with Crippen LogP contribution in [0, 0.1) is 0 Å². The molecule has 1 atom stereocenters. The van der Waals surface area contributed by atoms with E-state index in [1.165, 1.54) is 12.8 Å². The molecule has 0 rings (SSSR count). The van der Waals surface area contributed by atoms with E-state index in [4.69, 9.17) is 10.2 Å². The third-order valence-electron chi connectivity index (χ3n) is 2.23. The van der Waals surface area contributed by atoms with Gasteiger partial charge in [0.15, 0.2) is 0 Å². The summed E-state index contributed by atoms with van der Waals surface area (Å²) in [5, 5.41) is 17.4. The number of rotatable bonds is 8. The van der Waals surface area contributed by atoms with Crippen molar-refractivity contribution in [2.75, 3.05) is 6.61 Å². The molecule has 0 heterocycles. The summed E-state index contributed by atoms with van der Waals surface area (Å²) in [5.41, 5.74) is 0.476. The van der Waals surface area contributed by atoms with Gasteiger partial charge < -0.3 is 14.9 Å². The molecule has 0 bridgehead atoms. The average Bonchev–Trinajstić information content (AvgIpc) is 2.28. The van der Waals surface area contributed by atoms with Crippen molar-refractivity contribution >= 4 is 5.97 Å². The Balaban J connectivity index is 3.79. The number of allylic oxidation sites excluding steroid dienone is 1. The minimum atomic E-state index is -1.42. The van der Waals surface area contributed by atoms with E-state index in [2.05, 4.69) is 11.7 Å². The van der Waals surface area contributed by atoms with Gasteiger partial charge in [0, 0.05) is 5.57 Å². The summed E-state index contributed by atoms with van der Waals surface area (Å²) in [6, 6.07) is 0. The fourth-order valence-corrected chi connectivity index (χ4v) is 1.23. The first-order valence-electron chi connectivity index (χ1n) is 5.78. The summed E-state index contributed by atoms with van der Waals surface area (Å²) < 4.78 is 4.54. The first-order valence-corrected chi connectivity index (χ1v) is 5.78. The van der Waals surface area contributed by atoms with Crippen LogP contribution in [-0.2, 0) is 9.53 Å². The fourth-order valence-electron chi connectivity index (χ4n) is 1.23. The van der Waals surface area contributed by atoms with Crippen molar-refractivity contribution in [2.45, 2.75) is 52.2 Å². The Hall–Kier alpha value is -0.870. The van der Waals surface area contributed by atoms with Crippen LogP contribution >= 0.6 is 0 Å². The highest BCUT2D eigenvalue weighted by molar-refractivity contribution is 5.87. The maximum Gasteiger partial charge on any atom is 0.335 e. The van der Waals surface area contributed by atoms with E-state index < -0.39 is 18.9 Å². The van der Waals surface area contributed by atoms with Crippen LogP contribution in [0.2, 0.25) is 0 Å². The largest absolute Gasteiger partial charge is 0.430 e. The van der Waals surface area contributed by atoms with Crippen molar-refractivity contribution in [3.63, 3.8) is 0 Å². The van der Waals surface area contributed by atoms with E-state index >= 15 is 0 Å². The van der Waals surface area contributed by atoms with Crippen LogP contribution in [0.3, 0.4) is 0 Å². The van der Waals surface area contributed by atoms with E-state index in [0.29, 0.717) is 5.57 Å². The van der Waals surface area contributed by atoms with Gasteiger partial charge in [-0.3, -0.25) is 0 Å². The molecule has 0 spiro atoms. The quantitative estimate of drug-likeness (QED) is 0.288. The predicted molar refractivity (Wildman–Crippen MR) is 61.7 cm³/mol. The van der Waals surface area contributed by atoms with Crippen LogP contribution in [0.1, 0.15) is 46.0 Å². The summed E-state index contributed by atoms with van der Waals surface area (Å²) in [7, 11) is 0. The zero-order valence-electron chi connectivity index (χ0n) is 10.1. The van der Waals surface area contributed by atoms with Crippen molar-refractivity contribution in [3.05, 3.63) is 11.6 Å². The summed E-state index contributed by atoms with van der Waals surface area (Å²) in [6.07, 6.45) is 5.85. The monoisotopic (exact) mass is 230 g/mol. The maximum atomic E-state index is 11.3. The highest BCUT2D eigenvalue weighted by Gasteiger charge is 2.10. The lowest BCUT2D eigenvalue weighted by atomic mass is 10.1. The average molecular weight is 230 g/mol. The van der Waals surface area contributed by atoms with Crippen molar-refractivity contribution in [1.82, 2.24) is 0 Å². The summed E-state index contributed by atoms with van der Waals surface area (Å²) in [6.45, 7) is 3.22. The van der Waals surface area contributed by atoms with E-state index in [9.17, 15) is 4.79 Å². The molecule has 2 N–H and O–H groups in total. The van der Waals surface area contributed by atoms with Crippen LogP contribution in [-0.4, -0.2) is 29.1 Å². The third kappa shape index (κ3) is 7.43. The van der Waals surface area contributed by atoms with Crippen LogP contribution in [0.25, 0.3) is 0 Å². The van der Waals surface area contributed by atoms with Gasteiger partial charge in [-0.1, -0.05) is 32.3 Å². The minimum Gasteiger partial charge on any atom is -0.430 e. The molecule has 0 fully saturated rings. The maximum absolute atomic E-state index is 11.3. The van der Waals surface area contributed by atoms with Crippen molar-refractivity contribution in [2.24, 2.45) is 0 Å². The Morgan fingerprint density at radius 1 is 1.38 bits per heavy atom. The van der Waals surface area contributed by atoms with E-state index in [1.54, 1.807) is 6.92 Å². The van der Waals surface area contributed by atoms with Crippen molar-refractivity contribution in [3.8, 4) is 0 Å². The molecule has 0 aliphatic carbocycles. The van der Waals surface area contributed by atoms with Gasteiger partial charge in [-0.15, -0.1) is 0 Å². The molecule has 0 aromatic rings. The molecule has 0 saturated heterocycles. The molecule has 4 heteroatoms. The number of ether oxygens (including phenoxy) is 1. The number of unbranched alkanes of at least 4 members (excludes halogenated alkanes) is 4. The molecular formula is C12H22O4. The molecule has 4 nitrogen and oxygen atoms in total. The van der Waals surface area contributed by atoms with Gasteiger partial charge in [-0.25, -0.2) is 4.79 Å². The second-order valence-corrected chi connectivity index (χ2v) is 3.78. The molecule has 16 heavy (non-hydrogen) atoms. The molecule has 1 unspecified atom stereocenters. The van der Waals surface area contributed by atoms with Crippen LogP contribution in [0.5, 0.6) is 0 Å². The zero-order chi connectivity index (χ0) is 12.4. The highest BCUT2D eigenvalue weighted by atomic mass is 16.6. The van der Waals surface area contributed by atoms with Gasteiger partial charge in [0.05, 0.1) is 0 Å². The fraction of sp³-hybridized carbons (Fsp3) is 0.750. The Kier molecular flexibility index (Phi) is 8.85. The van der Waals surface area contributed by atoms with E-state index in [-0.39, 0.29) is 0 Å². The summed E-state index contributed by atoms with van der Waals surface area (Å²) >= 11 is 0. The lowest BCUT2D eigenvalue weighted by Gasteiger charge is -2.08. The predicted octanol–water partition coefficient (Wildman–Crippen LogP) is 1.76. The normalized spacial score (nSPS) is 13.6. The van der Waals surface area contributed by atoms with Crippen LogP contribution in [0.15, 0.2) is 11.6 Å². The van der Waals surface area contributed by atoms with E-state index in [1.807, 2.05) is 6.08 Å². The number of hydrogen-bond donors (Lipinski definition) is 2. The Morgan fingerprint density at radius 2 is 2.06 bits per heavy atom. The highest BCUT2D eigenvalue weighted by Crippen LogP contribution is 2.06. The van der Waals surface area contributed by atoms with Gasteiger partial charge >= 0.3 is 5.97 Å². The number of esters is 1. The van der Waals surface area contributed by atoms with Gasteiger partial charge in [0.25, 0.3) is 0 Å². The van der Waals surface area contributed by atoms with Gasteiger partial charge in [0.1, 0.15) is 6.61 Å². The molecule has 0 radical (unpaired) electrons. The summed E-state index contributed by atoms with van der Waals surface area (Å²) in [4.78, 5) is 11.3. The molecule has 94 valence electrons. The first kappa shape index (κ1) is 15.1. The van der Waals surface area contributed by atoms with E-state index in [0.717, 1.165) is 19.3 Å². The van der Waals surface area contributed by atoms with Gasteiger partial charge in [-0.2, -0.15) is 0 Å². The summed E-state index contributed by atoms with van der Waals surface area (Å²) in [5.74, 6) is -0.572. The second kappa shape index (κ2) is 9.36. The Morgan fingerprint density at radius 3 is 2.62 bits per heavy atom. The molecule has 0 amide bonds. The van der Waals surface area contributed by atoms with Crippen molar-refractivity contribution in [1.29, 1.82) is 0 Å². The lowest BCUT2D eigenvalue weighted by Crippen LogP contribution is -2.21. The Labute approximate surface area is 96.9 Å². The first-order chi connectivity index (χ1) is 7.61. The Bertz CT molecular complexity index is 223. The number of aliphatic hydroxyl groups excluding tert-OH is 2. The number of aliphatic hydroxyl groups is 2. The standard InChI is InChI=1S/C12H22O4/c1-3-4-5-6-7-8-10(2)12(15)16-11(14)9-13/h8,11,13-14H,3-7,9H2,1-2H3/b10-8+. The molecular weight excluding hydrogens is 208 g/mol. The van der Waals surface area contributed by atoms with Crippen molar-refractivity contribution < 1.29 is 19.7 Å². The van der Waals surface area contributed by atoms with Crippen LogP contribution < -0.4 is 0 Å². The number of hydrogen-bond acceptors (Lipinski definition) is 4. The number of carbonyl (C=O) groups is 1. The SMILES string of the molecule is CCCCCC/C=C(\C)C(=O)OC(O)CO. The molecule has 0 aromatic carbocycles.